The zero-order valence-electron chi connectivity index (χ0n) is 18.6. The maximum Gasteiger partial charge on any atom is 0.222 e. The molecule has 3 rings (SSSR count). The van der Waals surface area contributed by atoms with Gasteiger partial charge in [-0.15, -0.1) is 0 Å². The van der Waals surface area contributed by atoms with Gasteiger partial charge in [-0.1, -0.05) is 30.7 Å². The quantitative estimate of drug-likeness (QED) is 0.619. The van der Waals surface area contributed by atoms with Crippen molar-refractivity contribution in [3.63, 3.8) is 0 Å². The van der Waals surface area contributed by atoms with Crippen molar-refractivity contribution in [2.75, 3.05) is 26.7 Å². The van der Waals surface area contributed by atoms with Gasteiger partial charge < -0.3 is 15.2 Å². The second-order valence-corrected chi connectivity index (χ2v) is 8.53. The molecule has 0 unspecified atom stereocenters. The van der Waals surface area contributed by atoms with Crippen LogP contribution in [0.15, 0.2) is 28.3 Å². The van der Waals surface area contributed by atoms with Crippen molar-refractivity contribution in [2.24, 2.45) is 10.7 Å². The normalized spacial score (nSPS) is 19.1. The molecule has 8 heteroatoms. The number of likely N-dealkylation sites (tertiary alicyclic amines) is 1. The van der Waals surface area contributed by atoms with Crippen LogP contribution in [-0.4, -0.2) is 58.7 Å². The van der Waals surface area contributed by atoms with Crippen LogP contribution in [0.25, 0.3) is 11.4 Å². The number of imidazole rings is 1. The summed E-state index contributed by atoms with van der Waals surface area (Å²) in [5, 5.41) is 2.30. The molecule has 31 heavy (non-hydrogen) atoms. The first-order valence-corrected chi connectivity index (χ1v) is 11.4. The monoisotopic (exact) mass is 444 g/mol. The Morgan fingerprint density at radius 2 is 2.10 bits per heavy atom. The van der Waals surface area contributed by atoms with Crippen molar-refractivity contribution in [1.29, 1.82) is 0 Å². The molecule has 0 radical (unpaired) electrons. The van der Waals surface area contributed by atoms with Gasteiger partial charge >= 0.3 is 0 Å². The van der Waals surface area contributed by atoms with E-state index in [4.69, 9.17) is 22.3 Å². The van der Waals surface area contributed by atoms with Crippen molar-refractivity contribution in [1.82, 2.24) is 19.4 Å². The third kappa shape index (κ3) is 5.66. The van der Waals surface area contributed by atoms with Crippen LogP contribution < -0.4 is 16.4 Å². The molecule has 1 aromatic heterocycles. The van der Waals surface area contributed by atoms with Gasteiger partial charge in [0.15, 0.2) is 5.82 Å². The summed E-state index contributed by atoms with van der Waals surface area (Å²) < 4.78 is 2.20. The highest BCUT2D eigenvalue weighted by Crippen LogP contribution is 2.18. The molecule has 0 spiro atoms. The first kappa shape index (κ1) is 23.3. The zero-order valence-corrected chi connectivity index (χ0v) is 19.4. The molecule has 2 aliphatic rings. The molecule has 0 aromatic carbocycles. The summed E-state index contributed by atoms with van der Waals surface area (Å²) in [5.41, 5.74) is 7.27. The van der Waals surface area contributed by atoms with E-state index in [1.807, 2.05) is 23.1 Å². The summed E-state index contributed by atoms with van der Waals surface area (Å²) in [6.45, 7) is 9.76. The summed E-state index contributed by atoms with van der Waals surface area (Å²) in [5.74, 6) is 1.46. The fourth-order valence-corrected chi connectivity index (χ4v) is 4.15. The molecule has 1 aromatic rings. The number of rotatable bonds is 8. The summed E-state index contributed by atoms with van der Waals surface area (Å²) in [7, 11) is 2.06. The van der Waals surface area contributed by atoms with Crippen molar-refractivity contribution in [3.8, 4) is 0 Å². The fourth-order valence-electron chi connectivity index (χ4n) is 4.01. The van der Waals surface area contributed by atoms with Gasteiger partial charge in [-0.05, 0) is 57.6 Å². The Morgan fingerprint density at radius 3 is 2.71 bits per heavy atom. The van der Waals surface area contributed by atoms with E-state index >= 15 is 0 Å². The van der Waals surface area contributed by atoms with Crippen LogP contribution in [0.5, 0.6) is 0 Å². The van der Waals surface area contributed by atoms with Crippen LogP contribution in [0.4, 0.5) is 0 Å². The number of halogens is 1. The molecule has 7 nitrogen and oxygen atoms in total. The summed E-state index contributed by atoms with van der Waals surface area (Å²) >= 11 is 6.14. The average molecular weight is 445 g/mol. The molecule has 1 fully saturated rings. The standard InChI is InChI=1S/C23H33ClN6O/c1-4-28(3)16-19-27-21(23(25)26-2)22(17-9-11-18(24)12-10-17)30(19)15-7-8-20(31)29-13-5-6-14-29/h9,11-12H,2,4-8,10,13-16,25H2,1,3H3/b22-17+,23-21+. The Labute approximate surface area is 189 Å². The van der Waals surface area contributed by atoms with Crippen LogP contribution in [0.1, 0.15) is 44.9 Å². The molecule has 1 aliphatic heterocycles. The van der Waals surface area contributed by atoms with E-state index in [-0.39, 0.29) is 5.91 Å². The molecule has 2 heterocycles. The molecular formula is C23H33ClN6O. The van der Waals surface area contributed by atoms with Gasteiger partial charge in [0.1, 0.15) is 11.2 Å². The lowest BCUT2D eigenvalue weighted by atomic mass is 10.1. The van der Waals surface area contributed by atoms with Gasteiger partial charge in [0.2, 0.25) is 5.91 Å². The Morgan fingerprint density at radius 1 is 1.35 bits per heavy atom. The minimum absolute atomic E-state index is 0.241. The third-order valence-corrected chi connectivity index (χ3v) is 6.19. The van der Waals surface area contributed by atoms with E-state index in [0.717, 1.165) is 60.7 Å². The highest BCUT2D eigenvalue weighted by molar-refractivity contribution is 6.31. The molecule has 1 saturated heterocycles. The number of aliphatic imine (C=N–C) groups is 1. The van der Waals surface area contributed by atoms with E-state index < -0.39 is 0 Å². The Balaban J connectivity index is 2.00. The van der Waals surface area contributed by atoms with Crippen molar-refractivity contribution >= 4 is 35.6 Å². The topological polar surface area (TPSA) is 79.7 Å². The molecule has 0 bridgehead atoms. The minimum Gasteiger partial charge on any atom is -0.382 e. The van der Waals surface area contributed by atoms with Gasteiger partial charge in [0.05, 0.1) is 11.9 Å². The van der Waals surface area contributed by atoms with Crippen molar-refractivity contribution < 1.29 is 4.79 Å². The number of aromatic nitrogens is 2. The Kier molecular flexibility index (Phi) is 8.09. The number of hydrogen-bond donors (Lipinski definition) is 1. The van der Waals surface area contributed by atoms with E-state index in [9.17, 15) is 4.79 Å². The van der Waals surface area contributed by atoms with E-state index in [1.54, 1.807) is 0 Å². The van der Waals surface area contributed by atoms with Crippen molar-refractivity contribution in [3.05, 3.63) is 39.8 Å². The van der Waals surface area contributed by atoms with Crippen molar-refractivity contribution in [2.45, 2.75) is 52.1 Å². The SMILES string of the molecule is C=N/C(N)=c1/nc(CN(C)CC)n(CCCC(=O)N2CCCC2)/c1=C1\C=CC(Cl)=CC1. The first-order chi connectivity index (χ1) is 14.9. The van der Waals surface area contributed by atoms with E-state index in [2.05, 4.69) is 35.1 Å². The molecule has 0 saturated carbocycles. The number of hydrogen-bond acceptors (Lipinski definition) is 5. The van der Waals surface area contributed by atoms with Crippen LogP contribution in [0, 0.1) is 0 Å². The van der Waals surface area contributed by atoms with Gasteiger partial charge in [-0.3, -0.25) is 9.69 Å². The Hall–Kier alpha value is -2.38. The van der Waals surface area contributed by atoms with Gasteiger partial charge in [0, 0.05) is 31.1 Å². The maximum atomic E-state index is 12.5. The average Bonchev–Trinajstić information content (AvgIpc) is 3.43. The predicted molar refractivity (Wildman–Crippen MR) is 127 cm³/mol. The highest BCUT2D eigenvalue weighted by Gasteiger charge is 2.19. The molecule has 0 atom stereocenters. The number of nitrogens with two attached hydrogens (primary N) is 1. The molecule has 168 valence electrons. The molecule has 1 aliphatic carbocycles. The number of allylic oxidation sites excluding steroid dienone is 4. The first-order valence-electron chi connectivity index (χ1n) is 11.0. The number of nitrogens with zero attached hydrogens (tertiary/aromatic N) is 5. The van der Waals surface area contributed by atoms with E-state index in [0.29, 0.717) is 37.1 Å². The highest BCUT2D eigenvalue weighted by atomic mass is 35.5. The number of amides is 1. The largest absolute Gasteiger partial charge is 0.382 e. The second kappa shape index (κ2) is 10.8. The van der Waals surface area contributed by atoms with Gasteiger partial charge in [-0.2, -0.15) is 0 Å². The maximum absolute atomic E-state index is 12.5. The lowest BCUT2D eigenvalue weighted by Gasteiger charge is -2.17. The Bertz CT molecular complexity index is 1000. The summed E-state index contributed by atoms with van der Waals surface area (Å²) in [4.78, 5) is 25.5. The second-order valence-electron chi connectivity index (χ2n) is 8.09. The van der Waals surface area contributed by atoms with Crippen LogP contribution in [0.2, 0.25) is 0 Å². The summed E-state index contributed by atoms with van der Waals surface area (Å²) in [6.07, 6.45) is 10.1. The molecule has 1 amide bonds. The van der Waals surface area contributed by atoms with Crippen LogP contribution in [0.3, 0.4) is 0 Å². The minimum atomic E-state index is 0.241. The smallest absolute Gasteiger partial charge is 0.222 e. The molecular weight excluding hydrogens is 412 g/mol. The third-order valence-electron chi connectivity index (χ3n) is 5.91. The van der Waals surface area contributed by atoms with Crippen LogP contribution in [-0.2, 0) is 17.9 Å². The lowest BCUT2D eigenvalue weighted by Crippen LogP contribution is -2.36. The summed E-state index contributed by atoms with van der Waals surface area (Å²) in [6, 6.07) is 0. The van der Waals surface area contributed by atoms with Gasteiger partial charge in [-0.25, -0.2) is 9.98 Å². The van der Waals surface area contributed by atoms with E-state index in [1.165, 1.54) is 0 Å². The van der Waals surface area contributed by atoms with Gasteiger partial charge in [0.25, 0.3) is 0 Å². The number of carbonyl (C=O) groups excluding carboxylic acids is 1. The predicted octanol–water partition coefficient (Wildman–Crippen LogP) is 1.70. The zero-order chi connectivity index (χ0) is 22.4. The lowest BCUT2D eigenvalue weighted by molar-refractivity contribution is -0.130. The van der Waals surface area contributed by atoms with Crippen LogP contribution >= 0.6 is 11.6 Å². The number of carbonyl (C=O) groups is 1. The fraction of sp³-hybridized carbons (Fsp3) is 0.522. The molecule has 2 N–H and O–H groups in total.